The number of halogens is 1. The van der Waals surface area contributed by atoms with Crippen LogP contribution in [-0.4, -0.2) is 23.1 Å². The normalized spacial score (nSPS) is 11.8. The van der Waals surface area contributed by atoms with Gasteiger partial charge in [0.15, 0.2) is 0 Å². The van der Waals surface area contributed by atoms with Crippen molar-refractivity contribution in [2.75, 3.05) is 6.54 Å². The third-order valence-corrected chi connectivity index (χ3v) is 3.70. The first-order chi connectivity index (χ1) is 7.95. The van der Waals surface area contributed by atoms with Crippen LogP contribution in [0.1, 0.15) is 23.9 Å². The van der Waals surface area contributed by atoms with Crippen LogP contribution in [-0.2, 0) is 11.3 Å². The molecule has 7 heteroatoms. The van der Waals surface area contributed by atoms with Crippen molar-refractivity contribution < 1.29 is 4.79 Å². The number of nitrogens with one attached hydrogen (secondary N) is 1. The summed E-state index contributed by atoms with van der Waals surface area (Å²) in [4.78, 5) is 24.1. The van der Waals surface area contributed by atoms with Gasteiger partial charge in [0.1, 0.15) is 0 Å². The van der Waals surface area contributed by atoms with Crippen LogP contribution in [0.5, 0.6) is 0 Å². The maximum atomic E-state index is 11.6. The second-order valence-corrected chi connectivity index (χ2v) is 5.28. The summed E-state index contributed by atoms with van der Waals surface area (Å²) in [6.07, 6.45) is 0.307. The summed E-state index contributed by atoms with van der Waals surface area (Å²) >= 11 is 1.22. The summed E-state index contributed by atoms with van der Waals surface area (Å²) in [7, 11) is 0. The highest BCUT2D eigenvalue weighted by molar-refractivity contribution is 7.09. The third-order valence-electron chi connectivity index (χ3n) is 2.70. The molecule has 1 amide bonds. The van der Waals surface area contributed by atoms with Gasteiger partial charge in [-0.15, -0.1) is 12.4 Å². The first-order valence-corrected chi connectivity index (χ1v) is 6.43. The van der Waals surface area contributed by atoms with E-state index in [2.05, 4.69) is 5.32 Å². The van der Waals surface area contributed by atoms with Gasteiger partial charge in [0, 0.05) is 36.1 Å². The average molecular weight is 294 g/mol. The van der Waals surface area contributed by atoms with Crippen LogP contribution in [0, 0.1) is 13.8 Å². The zero-order valence-corrected chi connectivity index (χ0v) is 12.5. The molecule has 1 atom stereocenters. The fourth-order valence-electron chi connectivity index (χ4n) is 1.47. The van der Waals surface area contributed by atoms with E-state index in [4.69, 9.17) is 5.73 Å². The van der Waals surface area contributed by atoms with Crippen molar-refractivity contribution in [3.63, 3.8) is 0 Å². The van der Waals surface area contributed by atoms with Gasteiger partial charge in [0.25, 0.3) is 0 Å². The summed E-state index contributed by atoms with van der Waals surface area (Å²) in [6, 6.07) is -0.0236. The van der Waals surface area contributed by atoms with E-state index in [-0.39, 0.29) is 29.2 Å². The lowest BCUT2D eigenvalue weighted by Gasteiger charge is -2.11. The number of amides is 1. The molecule has 0 aromatic carbocycles. The Morgan fingerprint density at radius 1 is 1.50 bits per heavy atom. The van der Waals surface area contributed by atoms with E-state index in [9.17, 15) is 9.59 Å². The van der Waals surface area contributed by atoms with Gasteiger partial charge in [0.2, 0.25) is 5.91 Å². The predicted molar refractivity (Wildman–Crippen MR) is 76.6 cm³/mol. The zero-order valence-electron chi connectivity index (χ0n) is 10.9. The van der Waals surface area contributed by atoms with Crippen molar-refractivity contribution in [3.8, 4) is 0 Å². The molecule has 104 valence electrons. The van der Waals surface area contributed by atoms with Crippen molar-refractivity contribution >= 4 is 29.7 Å². The highest BCUT2D eigenvalue weighted by atomic mass is 35.5. The van der Waals surface area contributed by atoms with Gasteiger partial charge in [0.05, 0.1) is 0 Å². The van der Waals surface area contributed by atoms with Crippen molar-refractivity contribution in [1.82, 2.24) is 9.88 Å². The maximum absolute atomic E-state index is 11.6. The van der Waals surface area contributed by atoms with Gasteiger partial charge in [-0.25, -0.2) is 0 Å². The minimum Gasteiger partial charge on any atom is -0.352 e. The van der Waals surface area contributed by atoms with Crippen LogP contribution in [0.25, 0.3) is 0 Å². The van der Waals surface area contributed by atoms with E-state index in [0.717, 1.165) is 10.6 Å². The lowest BCUT2D eigenvalue weighted by atomic mass is 10.3. The molecule has 0 saturated carbocycles. The average Bonchev–Trinajstić information content (AvgIpc) is 2.51. The topological polar surface area (TPSA) is 77.1 Å². The highest BCUT2D eigenvalue weighted by Gasteiger charge is 2.10. The Morgan fingerprint density at radius 2 is 2.11 bits per heavy atom. The Hall–Kier alpha value is -0.850. The molecule has 0 saturated heterocycles. The zero-order chi connectivity index (χ0) is 13.0. The SMILES string of the molecule is Cc1sc(=O)n(CCC(=O)N[C@@H](C)CN)c1C.Cl. The molecule has 1 rings (SSSR count). The number of nitrogens with zero attached hydrogens (tertiary/aromatic N) is 1. The Balaban J connectivity index is 0.00000289. The highest BCUT2D eigenvalue weighted by Crippen LogP contribution is 2.09. The molecule has 18 heavy (non-hydrogen) atoms. The Bertz CT molecular complexity index is 456. The molecule has 0 spiro atoms. The van der Waals surface area contributed by atoms with Crippen LogP contribution < -0.4 is 15.9 Å². The van der Waals surface area contributed by atoms with E-state index in [1.807, 2.05) is 20.8 Å². The third kappa shape index (κ3) is 4.44. The van der Waals surface area contributed by atoms with E-state index in [0.29, 0.717) is 19.5 Å². The quantitative estimate of drug-likeness (QED) is 0.843. The molecule has 3 N–H and O–H groups in total. The Kier molecular flexibility index (Phi) is 7.20. The first kappa shape index (κ1) is 17.2. The van der Waals surface area contributed by atoms with Crippen LogP contribution in [0.15, 0.2) is 4.79 Å². The molecule has 0 aliphatic heterocycles. The van der Waals surface area contributed by atoms with Crippen molar-refractivity contribution in [2.45, 2.75) is 39.8 Å². The minimum absolute atomic E-state index is 0. The molecule has 0 bridgehead atoms. The van der Waals surface area contributed by atoms with E-state index < -0.39 is 0 Å². The maximum Gasteiger partial charge on any atom is 0.307 e. The molecule has 0 fully saturated rings. The lowest BCUT2D eigenvalue weighted by Crippen LogP contribution is -2.38. The van der Waals surface area contributed by atoms with Crippen molar-refractivity contribution in [2.24, 2.45) is 5.73 Å². The van der Waals surface area contributed by atoms with Crippen LogP contribution >= 0.6 is 23.7 Å². The number of aryl methyl sites for hydroxylation is 1. The first-order valence-electron chi connectivity index (χ1n) is 5.62. The molecule has 0 radical (unpaired) electrons. The van der Waals surface area contributed by atoms with Gasteiger partial charge in [-0.3, -0.25) is 9.59 Å². The van der Waals surface area contributed by atoms with Gasteiger partial charge in [-0.05, 0) is 20.8 Å². The number of aromatic nitrogens is 1. The van der Waals surface area contributed by atoms with Gasteiger partial charge < -0.3 is 15.6 Å². The van der Waals surface area contributed by atoms with Crippen LogP contribution in [0.2, 0.25) is 0 Å². The monoisotopic (exact) mass is 293 g/mol. The number of thiazole rings is 1. The second-order valence-electron chi connectivity index (χ2n) is 4.12. The number of hydrogen-bond acceptors (Lipinski definition) is 4. The molecule has 0 aliphatic carbocycles. The van der Waals surface area contributed by atoms with Crippen molar-refractivity contribution in [1.29, 1.82) is 0 Å². The minimum atomic E-state index is -0.0712. The van der Waals surface area contributed by atoms with Gasteiger partial charge >= 0.3 is 4.87 Å². The predicted octanol–water partition coefficient (Wildman–Crippen LogP) is 0.802. The smallest absolute Gasteiger partial charge is 0.307 e. The molecule has 1 aromatic heterocycles. The molecule has 0 unspecified atom stereocenters. The largest absolute Gasteiger partial charge is 0.352 e. The number of rotatable bonds is 5. The number of nitrogens with two attached hydrogens (primary N) is 1. The number of carbonyl (C=O) groups is 1. The van der Waals surface area contributed by atoms with E-state index >= 15 is 0 Å². The fraction of sp³-hybridized carbons (Fsp3) is 0.636. The molecular formula is C11H20ClN3O2S. The summed E-state index contributed by atoms with van der Waals surface area (Å²) in [5.41, 5.74) is 6.36. The number of carbonyl (C=O) groups excluding carboxylic acids is 1. The summed E-state index contributed by atoms with van der Waals surface area (Å²) in [6.45, 7) is 6.51. The molecule has 0 aliphatic rings. The van der Waals surface area contributed by atoms with Gasteiger partial charge in [-0.1, -0.05) is 11.3 Å². The van der Waals surface area contributed by atoms with Crippen LogP contribution in [0.4, 0.5) is 0 Å². The molecule has 5 nitrogen and oxygen atoms in total. The fourth-order valence-corrected chi connectivity index (χ4v) is 2.32. The molecular weight excluding hydrogens is 274 g/mol. The summed E-state index contributed by atoms with van der Waals surface area (Å²) in [5.74, 6) is -0.0712. The second kappa shape index (κ2) is 7.56. The summed E-state index contributed by atoms with van der Waals surface area (Å²) in [5, 5.41) is 2.77. The van der Waals surface area contributed by atoms with Crippen LogP contribution in [0.3, 0.4) is 0 Å². The van der Waals surface area contributed by atoms with E-state index in [1.165, 1.54) is 11.3 Å². The van der Waals surface area contributed by atoms with Gasteiger partial charge in [-0.2, -0.15) is 0 Å². The molecule has 1 aromatic rings. The van der Waals surface area contributed by atoms with E-state index in [1.54, 1.807) is 4.57 Å². The number of hydrogen-bond donors (Lipinski definition) is 2. The molecule has 1 heterocycles. The standard InChI is InChI=1S/C11H19N3O2S.ClH/c1-7(6-12)13-10(15)4-5-14-8(2)9(3)17-11(14)16;/h7H,4-6,12H2,1-3H3,(H,13,15);1H/t7-;/m0./s1. The Labute approximate surface area is 117 Å². The Morgan fingerprint density at radius 3 is 2.56 bits per heavy atom. The summed E-state index contributed by atoms with van der Waals surface area (Å²) < 4.78 is 1.65. The van der Waals surface area contributed by atoms with Crippen molar-refractivity contribution in [3.05, 3.63) is 20.2 Å². The lowest BCUT2D eigenvalue weighted by molar-refractivity contribution is -0.121.